The monoisotopic (exact) mass is 365 g/mol. The van der Waals surface area contributed by atoms with E-state index in [4.69, 9.17) is 14.2 Å². The molecule has 2 heterocycles. The number of nitrogens with one attached hydrogen (secondary N) is 1. The minimum Gasteiger partial charge on any atom is -0.479 e. The van der Waals surface area contributed by atoms with Gasteiger partial charge in [0.25, 0.3) is 0 Å². The molecule has 2 aromatic rings. The molecule has 0 radical (unpaired) electrons. The van der Waals surface area contributed by atoms with Gasteiger partial charge >= 0.3 is 0 Å². The van der Waals surface area contributed by atoms with Crippen LogP contribution >= 0.6 is 0 Å². The molecule has 2 rings (SSSR count). The summed E-state index contributed by atoms with van der Waals surface area (Å²) in [6, 6.07) is -0.152. The van der Waals surface area contributed by atoms with Crippen LogP contribution in [0.25, 0.3) is 11.0 Å². The van der Waals surface area contributed by atoms with Crippen molar-refractivity contribution in [2.45, 2.75) is 39.1 Å². The molecule has 1 N–H and O–H groups in total. The van der Waals surface area contributed by atoms with Crippen molar-refractivity contribution in [1.29, 1.82) is 0 Å². The lowest BCUT2D eigenvalue weighted by Crippen LogP contribution is -2.35. The van der Waals surface area contributed by atoms with Gasteiger partial charge in [-0.15, -0.1) is 0 Å². The molecule has 0 aromatic carbocycles. The van der Waals surface area contributed by atoms with Crippen LogP contribution in [-0.4, -0.2) is 54.6 Å². The standard InChI is InChI=1S/C17H27N5O4/c1-4-5-6-26-12-22-9-13(7-18-14(8-21-23)10-24-2)15-16(22)17(25-3)20-11-19-15/h9,11,14,18H,4-8,10,12H2,1-3H3. The summed E-state index contributed by atoms with van der Waals surface area (Å²) in [7, 11) is 3.18. The SMILES string of the molecule is CCCCOCn1cc(CNC(CN=O)COC)c2ncnc(OC)c21. The van der Waals surface area contributed by atoms with Gasteiger partial charge in [-0.1, -0.05) is 18.5 Å². The number of ether oxygens (including phenoxy) is 3. The van der Waals surface area contributed by atoms with E-state index in [0.717, 1.165) is 29.4 Å². The fraction of sp³-hybridized carbons (Fsp3) is 0.647. The summed E-state index contributed by atoms with van der Waals surface area (Å²) in [6.45, 7) is 4.29. The number of hydrogen-bond acceptors (Lipinski definition) is 8. The van der Waals surface area contributed by atoms with Crippen molar-refractivity contribution in [3.8, 4) is 5.88 Å². The van der Waals surface area contributed by atoms with Crippen molar-refractivity contribution < 1.29 is 14.2 Å². The van der Waals surface area contributed by atoms with Crippen molar-refractivity contribution in [3.05, 3.63) is 23.0 Å². The summed E-state index contributed by atoms with van der Waals surface area (Å²) in [5.74, 6) is 0.503. The van der Waals surface area contributed by atoms with E-state index in [1.54, 1.807) is 14.2 Å². The van der Waals surface area contributed by atoms with Gasteiger partial charge in [0.1, 0.15) is 24.1 Å². The maximum atomic E-state index is 10.6. The second-order valence-electron chi connectivity index (χ2n) is 5.94. The summed E-state index contributed by atoms with van der Waals surface area (Å²) < 4.78 is 18.2. The van der Waals surface area contributed by atoms with Crippen molar-refractivity contribution in [1.82, 2.24) is 19.9 Å². The molecule has 1 atom stereocenters. The van der Waals surface area contributed by atoms with Crippen LogP contribution in [-0.2, 0) is 22.7 Å². The molecular weight excluding hydrogens is 338 g/mol. The average molecular weight is 365 g/mol. The lowest BCUT2D eigenvalue weighted by Gasteiger charge is -2.13. The van der Waals surface area contributed by atoms with Crippen molar-refractivity contribution in [2.24, 2.45) is 5.18 Å². The number of fused-ring (bicyclic) bond motifs is 1. The van der Waals surface area contributed by atoms with E-state index in [1.807, 2.05) is 10.8 Å². The summed E-state index contributed by atoms with van der Waals surface area (Å²) in [5, 5.41) is 6.24. The molecule has 0 saturated heterocycles. The first kappa shape index (κ1) is 20.2. The Morgan fingerprint density at radius 2 is 2.19 bits per heavy atom. The number of methoxy groups -OCH3 is 2. The van der Waals surface area contributed by atoms with E-state index in [-0.39, 0.29) is 12.6 Å². The highest BCUT2D eigenvalue weighted by Crippen LogP contribution is 2.26. The third kappa shape index (κ3) is 5.20. The normalized spacial score (nSPS) is 12.4. The number of nitrogens with zero attached hydrogens (tertiary/aromatic N) is 4. The molecule has 26 heavy (non-hydrogen) atoms. The second-order valence-corrected chi connectivity index (χ2v) is 5.94. The Kier molecular flexibility index (Phi) is 8.39. The second kappa shape index (κ2) is 10.8. The van der Waals surface area contributed by atoms with E-state index in [0.29, 0.717) is 32.4 Å². The Morgan fingerprint density at radius 1 is 1.35 bits per heavy atom. The van der Waals surface area contributed by atoms with Crippen LogP contribution in [0.15, 0.2) is 17.7 Å². The van der Waals surface area contributed by atoms with Crippen molar-refractivity contribution >= 4 is 11.0 Å². The van der Waals surface area contributed by atoms with Crippen LogP contribution in [0.3, 0.4) is 0 Å². The van der Waals surface area contributed by atoms with Gasteiger partial charge in [0, 0.05) is 32.0 Å². The molecule has 0 spiro atoms. The number of aromatic nitrogens is 3. The van der Waals surface area contributed by atoms with Crippen LogP contribution in [0.5, 0.6) is 5.88 Å². The van der Waals surface area contributed by atoms with Gasteiger partial charge in [-0.3, -0.25) is 0 Å². The smallest absolute Gasteiger partial charge is 0.241 e. The molecule has 0 aliphatic heterocycles. The fourth-order valence-corrected chi connectivity index (χ4v) is 2.68. The lowest BCUT2D eigenvalue weighted by molar-refractivity contribution is 0.0773. The highest BCUT2D eigenvalue weighted by molar-refractivity contribution is 5.83. The maximum Gasteiger partial charge on any atom is 0.241 e. The van der Waals surface area contributed by atoms with Gasteiger partial charge in [-0.25, -0.2) is 4.98 Å². The molecule has 9 nitrogen and oxygen atoms in total. The number of nitroso groups, excluding NO2 is 1. The minimum atomic E-state index is -0.152. The molecule has 0 aliphatic carbocycles. The maximum absolute atomic E-state index is 10.6. The zero-order valence-corrected chi connectivity index (χ0v) is 15.6. The van der Waals surface area contributed by atoms with Crippen LogP contribution in [0, 0.1) is 4.91 Å². The predicted molar refractivity (Wildman–Crippen MR) is 98.1 cm³/mol. The van der Waals surface area contributed by atoms with Crippen LogP contribution < -0.4 is 10.1 Å². The van der Waals surface area contributed by atoms with Gasteiger partial charge in [0.15, 0.2) is 0 Å². The molecule has 0 amide bonds. The summed E-state index contributed by atoms with van der Waals surface area (Å²) in [6.07, 6.45) is 5.55. The Hall–Kier alpha value is -2.10. The molecule has 144 valence electrons. The average Bonchev–Trinajstić information content (AvgIpc) is 3.01. The highest BCUT2D eigenvalue weighted by atomic mass is 16.5. The molecule has 0 bridgehead atoms. The molecule has 1 unspecified atom stereocenters. The van der Waals surface area contributed by atoms with E-state index >= 15 is 0 Å². The van der Waals surface area contributed by atoms with Gasteiger partial charge < -0.3 is 24.1 Å². The number of unbranched alkanes of at least 4 members (excludes halogenated alkanes) is 1. The number of hydrogen-bond donors (Lipinski definition) is 1. The van der Waals surface area contributed by atoms with Crippen LogP contribution in [0.1, 0.15) is 25.3 Å². The first-order valence-electron chi connectivity index (χ1n) is 8.71. The molecule has 0 aliphatic rings. The largest absolute Gasteiger partial charge is 0.479 e. The Labute approximate surface area is 153 Å². The van der Waals surface area contributed by atoms with Crippen LogP contribution in [0.2, 0.25) is 0 Å². The van der Waals surface area contributed by atoms with E-state index in [9.17, 15) is 4.91 Å². The van der Waals surface area contributed by atoms with Gasteiger partial charge in [0.05, 0.1) is 26.3 Å². The zero-order valence-electron chi connectivity index (χ0n) is 15.6. The Bertz CT molecular complexity index is 691. The van der Waals surface area contributed by atoms with Gasteiger partial charge in [0.2, 0.25) is 5.88 Å². The lowest BCUT2D eigenvalue weighted by atomic mass is 10.2. The van der Waals surface area contributed by atoms with Gasteiger partial charge in [-0.2, -0.15) is 9.89 Å². The Balaban J connectivity index is 2.21. The predicted octanol–water partition coefficient (Wildman–Crippen LogP) is 2.09. The van der Waals surface area contributed by atoms with E-state index in [1.165, 1.54) is 6.33 Å². The molecule has 2 aromatic heterocycles. The molecule has 0 saturated carbocycles. The summed E-state index contributed by atoms with van der Waals surface area (Å²) in [4.78, 5) is 19.2. The van der Waals surface area contributed by atoms with E-state index in [2.05, 4.69) is 27.4 Å². The zero-order chi connectivity index (χ0) is 18.8. The third-order valence-corrected chi connectivity index (χ3v) is 4.00. The highest BCUT2D eigenvalue weighted by Gasteiger charge is 2.17. The quantitative estimate of drug-likeness (QED) is 0.428. The number of rotatable bonds is 13. The van der Waals surface area contributed by atoms with Crippen LogP contribution in [0.4, 0.5) is 0 Å². The summed E-state index contributed by atoms with van der Waals surface area (Å²) >= 11 is 0. The Morgan fingerprint density at radius 3 is 2.88 bits per heavy atom. The molecular formula is C17H27N5O4. The van der Waals surface area contributed by atoms with Crippen molar-refractivity contribution in [3.63, 3.8) is 0 Å². The van der Waals surface area contributed by atoms with E-state index < -0.39 is 0 Å². The topological polar surface area (TPSA) is 99.9 Å². The minimum absolute atomic E-state index is 0.144. The first-order valence-corrected chi connectivity index (χ1v) is 8.71. The van der Waals surface area contributed by atoms with Crippen molar-refractivity contribution in [2.75, 3.05) is 34.0 Å². The fourth-order valence-electron chi connectivity index (χ4n) is 2.68. The summed E-state index contributed by atoms with van der Waals surface area (Å²) in [5.41, 5.74) is 2.55. The molecule has 9 heteroatoms. The third-order valence-electron chi connectivity index (χ3n) is 4.00. The van der Waals surface area contributed by atoms with Gasteiger partial charge in [-0.05, 0) is 6.42 Å². The molecule has 0 fully saturated rings. The first-order chi connectivity index (χ1) is 12.7.